The van der Waals surface area contributed by atoms with Crippen LogP contribution in [0.5, 0.6) is 5.75 Å². The van der Waals surface area contributed by atoms with Crippen LogP contribution in [-0.4, -0.2) is 46.8 Å². The number of nitrogens with one attached hydrogen (secondary N) is 1. The van der Waals surface area contributed by atoms with Gasteiger partial charge in [-0.3, -0.25) is 19.2 Å². The molecule has 1 aliphatic rings. The maximum absolute atomic E-state index is 14.1. The Morgan fingerprint density at radius 1 is 1.17 bits per heavy atom. The van der Waals surface area contributed by atoms with Crippen molar-refractivity contribution in [2.45, 2.75) is 32.5 Å². The fourth-order valence-corrected chi connectivity index (χ4v) is 4.12. The molecule has 9 nitrogen and oxygen atoms in total. The van der Waals surface area contributed by atoms with Gasteiger partial charge in [0, 0.05) is 23.9 Å². The Labute approximate surface area is 201 Å². The van der Waals surface area contributed by atoms with E-state index in [0.29, 0.717) is 5.75 Å². The van der Waals surface area contributed by atoms with E-state index in [9.17, 15) is 18.8 Å². The molecule has 0 bridgehead atoms. The lowest BCUT2D eigenvalue weighted by atomic mass is 9.93. The number of methoxy groups -OCH3 is 1. The molecule has 4 rings (SSSR count). The Morgan fingerprint density at radius 3 is 2.66 bits per heavy atom. The normalized spacial score (nSPS) is 17.0. The number of aromatic nitrogens is 2. The first-order valence-electron chi connectivity index (χ1n) is 11.0. The lowest BCUT2D eigenvalue weighted by Gasteiger charge is -2.43. The van der Waals surface area contributed by atoms with E-state index in [1.807, 2.05) is 18.2 Å². The predicted molar refractivity (Wildman–Crippen MR) is 125 cm³/mol. The fourth-order valence-electron chi connectivity index (χ4n) is 4.12. The van der Waals surface area contributed by atoms with Gasteiger partial charge >= 0.3 is 5.97 Å². The van der Waals surface area contributed by atoms with Crippen molar-refractivity contribution in [2.75, 3.05) is 18.6 Å². The molecule has 1 aliphatic heterocycles. The Kier molecular flexibility index (Phi) is 6.54. The summed E-state index contributed by atoms with van der Waals surface area (Å²) in [4.78, 5) is 40.6. The van der Waals surface area contributed by atoms with Crippen LogP contribution in [0.1, 0.15) is 40.4 Å². The highest BCUT2D eigenvalue weighted by atomic mass is 19.1. The average Bonchev–Trinajstić information content (AvgIpc) is 3.27. The first kappa shape index (κ1) is 23.9. The number of fused-ring (bicyclic) bond motifs is 1. The molecule has 0 radical (unpaired) electrons. The summed E-state index contributed by atoms with van der Waals surface area (Å²) < 4.78 is 25.8. The summed E-state index contributed by atoms with van der Waals surface area (Å²) in [5, 5.41) is 7.07. The molecule has 0 aliphatic carbocycles. The molecule has 1 atom stereocenters. The minimum atomic E-state index is -1.49. The molecule has 10 heteroatoms. The number of carbonyl (C=O) groups excluding carboxylic acids is 3. The van der Waals surface area contributed by atoms with Gasteiger partial charge in [-0.15, -0.1) is 0 Å². The number of amides is 2. The molecule has 3 aromatic rings. The summed E-state index contributed by atoms with van der Waals surface area (Å²) in [6.45, 7) is 3.45. The van der Waals surface area contributed by atoms with Gasteiger partial charge < -0.3 is 14.8 Å². The van der Waals surface area contributed by atoms with Gasteiger partial charge in [-0.25, -0.2) is 9.18 Å². The molecule has 0 saturated heterocycles. The molecule has 2 aromatic carbocycles. The first-order chi connectivity index (χ1) is 16.8. The van der Waals surface area contributed by atoms with Crippen LogP contribution in [-0.2, 0) is 22.6 Å². The summed E-state index contributed by atoms with van der Waals surface area (Å²) in [6.07, 6.45) is 0. The van der Waals surface area contributed by atoms with Gasteiger partial charge in [0.15, 0.2) is 5.69 Å². The highest BCUT2D eigenvalue weighted by molar-refractivity contribution is 6.12. The average molecular weight is 480 g/mol. The molecule has 1 aromatic heterocycles. The lowest BCUT2D eigenvalue weighted by molar-refractivity contribution is -0.126. The largest absolute Gasteiger partial charge is 0.496 e. The van der Waals surface area contributed by atoms with Crippen LogP contribution in [0.2, 0.25) is 0 Å². The van der Waals surface area contributed by atoms with Crippen molar-refractivity contribution in [3.05, 3.63) is 77.4 Å². The van der Waals surface area contributed by atoms with Crippen LogP contribution in [0.3, 0.4) is 0 Å². The smallest absolute Gasteiger partial charge is 0.358 e. The van der Waals surface area contributed by atoms with Crippen LogP contribution < -0.4 is 15.0 Å². The van der Waals surface area contributed by atoms with E-state index in [1.54, 1.807) is 26.0 Å². The Hall–Kier alpha value is -4.21. The fraction of sp³-hybridized carbons (Fsp3) is 0.280. The Morgan fingerprint density at radius 2 is 1.94 bits per heavy atom. The van der Waals surface area contributed by atoms with Crippen LogP contribution in [0.15, 0.2) is 54.6 Å². The number of carbonyl (C=O) groups is 3. The van der Waals surface area contributed by atoms with Crippen LogP contribution in [0.4, 0.5) is 10.1 Å². The van der Waals surface area contributed by atoms with Crippen molar-refractivity contribution >= 4 is 23.5 Å². The van der Waals surface area contributed by atoms with E-state index in [-0.39, 0.29) is 36.8 Å². The second kappa shape index (κ2) is 9.57. The minimum Gasteiger partial charge on any atom is -0.496 e. The number of hydrogen-bond acceptors (Lipinski definition) is 6. The predicted octanol–water partition coefficient (Wildman–Crippen LogP) is 2.94. The summed E-state index contributed by atoms with van der Waals surface area (Å²) >= 11 is 0. The quantitative estimate of drug-likeness (QED) is 0.522. The van der Waals surface area contributed by atoms with Gasteiger partial charge in [0.2, 0.25) is 5.91 Å². The van der Waals surface area contributed by atoms with E-state index in [0.717, 1.165) is 5.56 Å². The van der Waals surface area contributed by atoms with Crippen molar-refractivity contribution in [1.82, 2.24) is 15.1 Å². The highest BCUT2D eigenvalue weighted by Gasteiger charge is 2.49. The number of nitrogens with zero attached hydrogens (tertiary/aromatic N) is 3. The number of anilines is 1. The Bertz CT molecular complexity index is 1290. The molecule has 35 heavy (non-hydrogen) atoms. The maximum Gasteiger partial charge on any atom is 0.358 e. The molecule has 0 spiro atoms. The van der Waals surface area contributed by atoms with Gasteiger partial charge in [-0.05, 0) is 38.1 Å². The summed E-state index contributed by atoms with van der Waals surface area (Å²) in [5.74, 6) is -1.71. The number of esters is 1. The first-order valence-corrected chi connectivity index (χ1v) is 11.0. The van der Waals surface area contributed by atoms with E-state index in [1.165, 1.54) is 41.0 Å². The number of ether oxygens (including phenoxy) is 2. The summed E-state index contributed by atoms with van der Waals surface area (Å²) in [6, 6.07) is 14.0. The Balaban J connectivity index is 1.72. The van der Waals surface area contributed by atoms with E-state index >= 15 is 0 Å². The van der Waals surface area contributed by atoms with E-state index < -0.39 is 29.1 Å². The molecule has 0 saturated carbocycles. The second-order valence-electron chi connectivity index (χ2n) is 8.18. The zero-order valence-electron chi connectivity index (χ0n) is 19.6. The van der Waals surface area contributed by atoms with Crippen molar-refractivity contribution in [3.63, 3.8) is 0 Å². The summed E-state index contributed by atoms with van der Waals surface area (Å²) in [7, 11) is 1.54. The third kappa shape index (κ3) is 4.46. The number of halogens is 1. The van der Waals surface area contributed by atoms with Crippen LogP contribution in [0, 0.1) is 5.82 Å². The zero-order chi connectivity index (χ0) is 25.2. The van der Waals surface area contributed by atoms with Crippen molar-refractivity contribution < 1.29 is 28.2 Å². The van der Waals surface area contributed by atoms with Crippen molar-refractivity contribution in [3.8, 4) is 5.75 Å². The van der Waals surface area contributed by atoms with E-state index in [2.05, 4.69) is 10.4 Å². The zero-order valence-corrected chi connectivity index (χ0v) is 19.6. The highest BCUT2D eigenvalue weighted by Crippen LogP contribution is 2.33. The summed E-state index contributed by atoms with van der Waals surface area (Å²) in [5.41, 5.74) is -0.496. The van der Waals surface area contributed by atoms with Crippen LogP contribution in [0.25, 0.3) is 0 Å². The van der Waals surface area contributed by atoms with Gasteiger partial charge in [-0.2, -0.15) is 5.10 Å². The number of rotatable bonds is 7. The topological polar surface area (TPSA) is 103 Å². The third-order valence-corrected chi connectivity index (χ3v) is 5.83. The van der Waals surface area contributed by atoms with E-state index in [4.69, 9.17) is 9.47 Å². The van der Waals surface area contributed by atoms with Crippen molar-refractivity contribution in [2.24, 2.45) is 0 Å². The lowest BCUT2D eigenvalue weighted by Crippen LogP contribution is -2.64. The van der Waals surface area contributed by atoms with Gasteiger partial charge in [-0.1, -0.05) is 24.3 Å². The minimum absolute atomic E-state index is 0.0481. The molecule has 2 heterocycles. The molecule has 2 amide bonds. The SMILES string of the molecule is CCOC(=O)c1cc2n(n1)CC(C)(C(=O)NCc1ccccc1OC)N(c1cccc(F)c1)C2=O. The van der Waals surface area contributed by atoms with Crippen LogP contribution >= 0.6 is 0 Å². The van der Waals surface area contributed by atoms with Gasteiger partial charge in [0.25, 0.3) is 5.91 Å². The van der Waals surface area contributed by atoms with Gasteiger partial charge in [0.1, 0.15) is 22.8 Å². The number of hydrogen-bond donors (Lipinski definition) is 1. The standard InChI is InChI=1S/C25H25FN4O5/c1-4-35-23(32)19-13-20-22(31)30(18-10-7-9-17(26)12-18)25(2,15-29(20)28-19)24(33)27-14-16-8-5-6-11-21(16)34-3/h5-13H,4,14-15H2,1-3H3,(H,27,33). The molecular formula is C25H25FN4O5. The third-order valence-electron chi connectivity index (χ3n) is 5.83. The molecule has 182 valence electrons. The van der Waals surface area contributed by atoms with Gasteiger partial charge in [0.05, 0.1) is 20.3 Å². The number of para-hydroxylation sites is 1. The molecule has 1 N–H and O–H groups in total. The molecule has 0 fully saturated rings. The molecular weight excluding hydrogens is 455 g/mol. The van der Waals surface area contributed by atoms with Crippen molar-refractivity contribution in [1.29, 1.82) is 0 Å². The monoisotopic (exact) mass is 480 g/mol. The number of benzene rings is 2. The maximum atomic E-state index is 14.1. The molecule has 1 unspecified atom stereocenters. The second-order valence-corrected chi connectivity index (χ2v) is 8.18.